The Morgan fingerprint density at radius 3 is 2.38 bits per heavy atom. The molecule has 0 saturated carbocycles. The van der Waals surface area contributed by atoms with Crippen LogP contribution in [0.15, 0.2) is 48.5 Å². The third-order valence-electron chi connectivity index (χ3n) is 4.08. The molecule has 2 aromatic carbocycles. The first-order chi connectivity index (χ1) is 12.4. The van der Waals surface area contributed by atoms with Crippen LogP contribution in [0.5, 0.6) is 5.75 Å². The van der Waals surface area contributed by atoms with E-state index >= 15 is 0 Å². The predicted octanol–water partition coefficient (Wildman–Crippen LogP) is 3.28. The van der Waals surface area contributed by atoms with Crippen molar-refractivity contribution in [1.29, 1.82) is 0 Å². The number of aliphatic carboxylic acids is 1. The van der Waals surface area contributed by atoms with Gasteiger partial charge in [0.1, 0.15) is 11.6 Å². The van der Waals surface area contributed by atoms with Gasteiger partial charge in [0, 0.05) is 6.54 Å². The van der Waals surface area contributed by atoms with Crippen molar-refractivity contribution < 1.29 is 23.8 Å². The zero-order valence-corrected chi connectivity index (χ0v) is 14.7. The average Bonchev–Trinajstić information content (AvgIpc) is 2.62. The highest BCUT2D eigenvalue weighted by Crippen LogP contribution is 2.19. The van der Waals surface area contributed by atoms with Crippen molar-refractivity contribution >= 4 is 11.9 Å². The van der Waals surface area contributed by atoms with Gasteiger partial charge in [-0.2, -0.15) is 0 Å². The first-order valence-corrected chi connectivity index (χ1v) is 8.40. The molecule has 0 aliphatic heterocycles. The molecule has 6 heteroatoms. The number of para-hydroxylation sites is 1. The summed E-state index contributed by atoms with van der Waals surface area (Å²) in [5.74, 6) is -2.27. The molecule has 0 aliphatic rings. The molecule has 0 spiro atoms. The van der Waals surface area contributed by atoms with E-state index in [9.17, 15) is 19.1 Å². The molecule has 5 nitrogen and oxygen atoms in total. The molecule has 0 saturated heterocycles. The number of carboxylic acid groups (broad SMARTS) is 1. The molecule has 2 aromatic rings. The summed E-state index contributed by atoms with van der Waals surface area (Å²) in [4.78, 5) is 23.9. The molecule has 0 radical (unpaired) electrons. The lowest BCUT2D eigenvalue weighted by molar-refractivity contribution is -0.139. The molecule has 0 heterocycles. The number of halogens is 1. The van der Waals surface area contributed by atoms with E-state index in [4.69, 9.17) is 4.74 Å². The second-order valence-corrected chi connectivity index (χ2v) is 5.97. The van der Waals surface area contributed by atoms with Crippen molar-refractivity contribution in [3.8, 4) is 5.75 Å². The van der Waals surface area contributed by atoms with Gasteiger partial charge in [0.2, 0.25) is 0 Å². The quantitative estimate of drug-likeness (QED) is 0.758. The van der Waals surface area contributed by atoms with Crippen LogP contribution in [0.3, 0.4) is 0 Å². The molecule has 2 atom stereocenters. The SMILES string of the molecule is CCC(Oc1ccccc1C)C(=O)NCC(C(=O)O)c1ccc(F)cc1. The third-order valence-corrected chi connectivity index (χ3v) is 4.08. The van der Waals surface area contributed by atoms with E-state index in [0.29, 0.717) is 17.7 Å². The zero-order chi connectivity index (χ0) is 19.1. The van der Waals surface area contributed by atoms with Gasteiger partial charge in [-0.05, 0) is 42.7 Å². The minimum atomic E-state index is -1.09. The molecule has 26 heavy (non-hydrogen) atoms. The average molecular weight is 359 g/mol. The summed E-state index contributed by atoms with van der Waals surface area (Å²) < 4.78 is 18.8. The molecular weight excluding hydrogens is 337 g/mol. The van der Waals surface area contributed by atoms with Crippen LogP contribution < -0.4 is 10.1 Å². The monoisotopic (exact) mass is 359 g/mol. The largest absolute Gasteiger partial charge is 0.481 e. The van der Waals surface area contributed by atoms with Crippen LogP contribution >= 0.6 is 0 Å². The van der Waals surface area contributed by atoms with Gasteiger partial charge in [-0.15, -0.1) is 0 Å². The molecule has 2 unspecified atom stereocenters. The van der Waals surface area contributed by atoms with Gasteiger partial charge in [-0.1, -0.05) is 37.3 Å². The summed E-state index contributed by atoms with van der Waals surface area (Å²) in [6.45, 7) is 3.60. The van der Waals surface area contributed by atoms with Crippen LogP contribution in [-0.4, -0.2) is 29.6 Å². The number of nitrogens with one attached hydrogen (secondary N) is 1. The highest BCUT2D eigenvalue weighted by atomic mass is 19.1. The Morgan fingerprint density at radius 1 is 1.15 bits per heavy atom. The number of rotatable bonds is 8. The van der Waals surface area contributed by atoms with E-state index < -0.39 is 23.8 Å². The van der Waals surface area contributed by atoms with E-state index in [-0.39, 0.29) is 12.5 Å². The number of ether oxygens (including phenoxy) is 1. The fourth-order valence-corrected chi connectivity index (χ4v) is 2.52. The van der Waals surface area contributed by atoms with Crippen LogP contribution in [0.2, 0.25) is 0 Å². The highest BCUT2D eigenvalue weighted by molar-refractivity contribution is 5.83. The number of carboxylic acids is 1. The van der Waals surface area contributed by atoms with E-state index in [1.165, 1.54) is 24.3 Å². The number of carbonyl (C=O) groups excluding carboxylic acids is 1. The van der Waals surface area contributed by atoms with Gasteiger partial charge >= 0.3 is 5.97 Å². The van der Waals surface area contributed by atoms with Crippen LogP contribution in [-0.2, 0) is 9.59 Å². The molecule has 0 fully saturated rings. The molecule has 0 bridgehead atoms. The topological polar surface area (TPSA) is 75.6 Å². The lowest BCUT2D eigenvalue weighted by Gasteiger charge is -2.20. The number of amides is 1. The van der Waals surface area contributed by atoms with Crippen molar-refractivity contribution in [3.63, 3.8) is 0 Å². The standard InChI is InChI=1S/C20H22FNO4/c1-3-17(26-18-7-5-4-6-13(18)2)19(23)22-12-16(20(24)25)14-8-10-15(21)11-9-14/h4-11,16-17H,3,12H2,1-2H3,(H,22,23)(H,24,25). The van der Waals surface area contributed by atoms with Gasteiger partial charge in [0.25, 0.3) is 5.91 Å². The summed E-state index contributed by atoms with van der Waals surface area (Å²) in [5.41, 5.74) is 1.33. The van der Waals surface area contributed by atoms with Crippen LogP contribution in [0.1, 0.15) is 30.4 Å². The molecule has 0 aromatic heterocycles. The molecule has 0 aliphatic carbocycles. The molecule has 2 N–H and O–H groups in total. The van der Waals surface area contributed by atoms with Crippen molar-refractivity contribution in [3.05, 3.63) is 65.5 Å². The molecule has 2 rings (SSSR count). The normalized spacial score (nSPS) is 12.9. The van der Waals surface area contributed by atoms with E-state index in [0.717, 1.165) is 5.56 Å². The fourth-order valence-electron chi connectivity index (χ4n) is 2.52. The second-order valence-electron chi connectivity index (χ2n) is 5.97. The Labute approximate surface area is 151 Å². The Kier molecular flexibility index (Phi) is 6.72. The van der Waals surface area contributed by atoms with E-state index in [1.54, 1.807) is 6.07 Å². The number of hydrogen-bond donors (Lipinski definition) is 2. The highest BCUT2D eigenvalue weighted by Gasteiger charge is 2.24. The fraction of sp³-hybridized carbons (Fsp3) is 0.300. The van der Waals surface area contributed by atoms with Gasteiger partial charge in [-0.3, -0.25) is 9.59 Å². The van der Waals surface area contributed by atoms with Crippen molar-refractivity contribution in [2.45, 2.75) is 32.3 Å². The summed E-state index contributed by atoms with van der Waals surface area (Å²) in [5, 5.41) is 12.0. The first-order valence-electron chi connectivity index (χ1n) is 8.40. The first kappa shape index (κ1) is 19.4. The van der Waals surface area contributed by atoms with Crippen molar-refractivity contribution in [2.75, 3.05) is 6.54 Å². The molecular formula is C20H22FNO4. The minimum Gasteiger partial charge on any atom is -0.481 e. The maximum Gasteiger partial charge on any atom is 0.312 e. The Balaban J connectivity index is 2.02. The Bertz CT molecular complexity index is 761. The molecule has 1 amide bonds. The van der Waals surface area contributed by atoms with Crippen LogP contribution in [0.25, 0.3) is 0 Å². The van der Waals surface area contributed by atoms with Gasteiger partial charge in [0.05, 0.1) is 5.92 Å². The van der Waals surface area contributed by atoms with Gasteiger partial charge < -0.3 is 15.2 Å². The number of carbonyl (C=O) groups is 2. The Morgan fingerprint density at radius 2 is 1.81 bits per heavy atom. The number of benzene rings is 2. The number of aryl methyl sites for hydroxylation is 1. The van der Waals surface area contributed by atoms with Gasteiger partial charge in [0.15, 0.2) is 6.10 Å². The van der Waals surface area contributed by atoms with Crippen molar-refractivity contribution in [1.82, 2.24) is 5.32 Å². The van der Waals surface area contributed by atoms with Crippen molar-refractivity contribution in [2.24, 2.45) is 0 Å². The lowest BCUT2D eigenvalue weighted by Crippen LogP contribution is -2.41. The number of hydrogen-bond acceptors (Lipinski definition) is 3. The van der Waals surface area contributed by atoms with Crippen LogP contribution in [0, 0.1) is 12.7 Å². The summed E-state index contributed by atoms with van der Waals surface area (Å²) >= 11 is 0. The van der Waals surface area contributed by atoms with E-state index in [2.05, 4.69) is 5.32 Å². The summed E-state index contributed by atoms with van der Waals surface area (Å²) in [6, 6.07) is 12.6. The maximum absolute atomic E-state index is 13.0. The third kappa shape index (κ3) is 5.05. The second kappa shape index (κ2) is 8.99. The smallest absolute Gasteiger partial charge is 0.312 e. The maximum atomic E-state index is 13.0. The summed E-state index contributed by atoms with van der Waals surface area (Å²) in [7, 11) is 0. The van der Waals surface area contributed by atoms with Crippen LogP contribution in [0.4, 0.5) is 4.39 Å². The predicted molar refractivity (Wildman–Crippen MR) is 95.7 cm³/mol. The summed E-state index contributed by atoms with van der Waals surface area (Å²) in [6.07, 6.45) is -0.284. The molecule has 138 valence electrons. The zero-order valence-electron chi connectivity index (χ0n) is 14.7. The van der Waals surface area contributed by atoms with Gasteiger partial charge in [-0.25, -0.2) is 4.39 Å². The van der Waals surface area contributed by atoms with E-state index in [1.807, 2.05) is 32.0 Å². The minimum absolute atomic E-state index is 0.104. The lowest BCUT2D eigenvalue weighted by atomic mass is 9.99. The Hall–Kier alpha value is -2.89.